The van der Waals surface area contributed by atoms with Crippen LogP contribution in [0.1, 0.15) is 32.1 Å². The van der Waals surface area contributed by atoms with E-state index in [2.05, 4.69) is 5.32 Å². The average molecular weight is 348 g/mol. The van der Waals surface area contributed by atoms with E-state index in [0.717, 1.165) is 30.8 Å². The molecule has 3 aliphatic heterocycles. The minimum atomic E-state index is -0.517. The molecule has 136 valence electrons. The molecule has 4 fully saturated rings. The molecule has 0 radical (unpaired) electrons. The monoisotopic (exact) mass is 348 g/mol. The molecule has 0 aromatic carbocycles. The van der Waals surface area contributed by atoms with Crippen molar-refractivity contribution in [3.63, 3.8) is 0 Å². The minimum absolute atomic E-state index is 0.0509. The van der Waals surface area contributed by atoms with Gasteiger partial charge in [-0.15, -0.1) is 0 Å². The van der Waals surface area contributed by atoms with Gasteiger partial charge in [0.25, 0.3) is 5.91 Å². The maximum atomic E-state index is 13.0. The standard InChI is InChI=1S/C17H24N4O4/c22-13-8-18-16(25)21(13)10-14(23)20-7-5-17(11-20)4-1-6-19(15(17)24)9-12-2-3-12/h12H,1-11H2,(H,18,25)/t17-/m1/s1. The number of hydrogen-bond donors (Lipinski definition) is 1. The predicted molar refractivity (Wildman–Crippen MR) is 87.3 cm³/mol. The molecule has 1 atom stereocenters. The first-order valence-corrected chi connectivity index (χ1v) is 9.14. The van der Waals surface area contributed by atoms with E-state index >= 15 is 0 Å². The Labute approximate surface area is 146 Å². The van der Waals surface area contributed by atoms with Gasteiger partial charge in [-0.1, -0.05) is 0 Å². The van der Waals surface area contributed by atoms with Crippen molar-refractivity contribution in [1.29, 1.82) is 0 Å². The molecular formula is C17H24N4O4. The molecule has 4 rings (SSSR count). The smallest absolute Gasteiger partial charge is 0.325 e. The van der Waals surface area contributed by atoms with Gasteiger partial charge in [-0.05, 0) is 38.0 Å². The summed E-state index contributed by atoms with van der Waals surface area (Å²) in [5.41, 5.74) is -0.458. The Hall–Kier alpha value is -2.12. The van der Waals surface area contributed by atoms with Gasteiger partial charge in [0, 0.05) is 26.2 Å². The van der Waals surface area contributed by atoms with Crippen LogP contribution >= 0.6 is 0 Å². The zero-order valence-electron chi connectivity index (χ0n) is 14.3. The van der Waals surface area contributed by atoms with Crippen molar-refractivity contribution in [1.82, 2.24) is 20.0 Å². The van der Waals surface area contributed by atoms with Gasteiger partial charge < -0.3 is 15.1 Å². The number of nitrogens with zero attached hydrogens (tertiary/aromatic N) is 3. The van der Waals surface area contributed by atoms with Gasteiger partial charge in [0.2, 0.25) is 11.8 Å². The Morgan fingerprint density at radius 3 is 2.64 bits per heavy atom. The van der Waals surface area contributed by atoms with E-state index in [4.69, 9.17) is 0 Å². The first kappa shape index (κ1) is 16.4. The third-order valence-corrected chi connectivity index (χ3v) is 5.94. The highest BCUT2D eigenvalue weighted by Crippen LogP contribution is 2.41. The molecule has 3 heterocycles. The summed E-state index contributed by atoms with van der Waals surface area (Å²) in [7, 11) is 0. The molecule has 25 heavy (non-hydrogen) atoms. The number of imide groups is 1. The van der Waals surface area contributed by atoms with E-state index in [-0.39, 0.29) is 30.8 Å². The maximum absolute atomic E-state index is 13.0. The van der Waals surface area contributed by atoms with E-state index in [1.54, 1.807) is 4.90 Å². The van der Waals surface area contributed by atoms with E-state index in [0.29, 0.717) is 25.4 Å². The largest absolute Gasteiger partial charge is 0.342 e. The molecule has 4 aliphatic rings. The van der Waals surface area contributed by atoms with Gasteiger partial charge in [0.05, 0.1) is 12.0 Å². The minimum Gasteiger partial charge on any atom is -0.342 e. The molecular weight excluding hydrogens is 324 g/mol. The van der Waals surface area contributed by atoms with Crippen molar-refractivity contribution in [2.75, 3.05) is 39.3 Å². The number of urea groups is 1. The summed E-state index contributed by atoms with van der Waals surface area (Å²) in [6.07, 6.45) is 4.91. The molecule has 0 bridgehead atoms. The second-order valence-electron chi connectivity index (χ2n) is 7.78. The highest BCUT2D eigenvalue weighted by molar-refractivity contribution is 6.04. The predicted octanol–water partition coefficient (Wildman–Crippen LogP) is -0.211. The van der Waals surface area contributed by atoms with E-state index in [9.17, 15) is 19.2 Å². The first-order chi connectivity index (χ1) is 12.0. The fourth-order valence-electron chi connectivity index (χ4n) is 4.25. The molecule has 1 saturated carbocycles. The quantitative estimate of drug-likeness (QED) is 0.712. The molecule has 3 saturated heterocycles. The summed E-state index contributed by atoms with van der Waals surface area (Å²) in [5, 5.41) is 2.42. The van der Waals surface area contributed by atoms with Crippen LogP contribution in [0.15, 0.2) is 0 Å². The molecule has 0 aromatic rings. The van der Waals surface area contributed by atoms with E-state index < -0.39 is 11.4 Å². The molecule has 0 aromatic heterocycles. The number of carbonyl (C=O) groups excluding carboxylic acids is 4. The Kier molecular flexibility index (Phi) is 3.92. The van der Waals surface area contributed by atoms with Crippen LogP contribution in [0.2, 0.25) is 0 Å². The summed E-state index contributed by atoms with van der Waals surface area (Å²) < 4.78 is 0. The number of amides is 5. The number of nitrogens with one attached hydrogen (secondary N) is 1. The Morgan fingerprint density at radius 1 is 1.16 bits per heavy atom. The maximum Gasteiger partial charge on any atom is 0.325 e. The second-order valence-corrected chi connectivity index (χ2v) is 7.78. The summed E-state index contributed by atoms with van der Waals surface area (Å²) in [5.74, 6) is 0.222. The van der Waals surface area contributed by atoms with Gasteiger partial charge in [-0.3, -0.25) is 19.3 Å². The van der Waals surface area contributed by atoms with Gasteiger partial charge in [-0.25, -0.2) is 4.79 Å². The lowest BCUT2D eigenvalue weighted by Crippen LogP contribution is -2.51. The van der Waals surface area contributed by atoms with Gasteiger partial charge in [0.1, 0.15) is 6.54 Å². The van der Waals surface area contributed by atoms with Crippen LogP contribution in [0.5, 0.6) is 0 Å². The fraction of sp³-hybridized carbons (Fsp3) is 0.765. The number of hydrogen-bond acceptors (Lipinski definition) is 4. The fourth-order valence-corrected chi connectivity index (χ4v) is 4.25. The molecule has 1 spiro atoms. The Balaban J connectivity index is 1.39. The van der Waals surface area contributed by atoms with Crippen molar-refractivity contribution < 1.29 is 19.2 Å². The number of likely N-dealkylation sites (tertiary alicyclic amines) is 2. The van der Waals surface area contributed by atoms with Gasteiger partial charge in [-0.2, -0.15) is 0 Å². The summed E-state index contributed by atoms with van der Waals surface area (Å²) in [4.78, 5) is 53.3. The van der Waals surface area contributed by atoms with E-state index in [1.165, 1.54) is 12.8 Å². The van der Waals surface area contributed by atoms with Crippen molar-refractivity contribution in [2.45, 2.75) is 32.1 Å². The van der Waals surface area contributed by atoms with Crippen molar-refractivity contribution in [2.24, 2.45) is 11.3 Å². The third-order valence-electron chi connectivity index (χ3n) is 5.94. The van der Waals surface area contributed by atoms with Gasteiger partial charge in [0.15, 0.2) is 0 Å². The topological polar surface area (TPSA) is 90.0 Å². The van der Waals surface area contributed by atoms with Crippen LogP contribution in [0.4, 0.5) is 4.79 Å². The highest BCUT2D eigenvalue weighted by Gasteiger charge is 2.50. The average Bonchev–Trinajstić information content (AvgIpc) is 3.23. The molecule has 1 aliphatic carbocycles. The van der Waals surface area contributed by atoms with Gasteiger partial charge >= 0.3 is 6.03 Å². The molecule has 1 N–H and O–H groups in total. The number of rotatable bonds is 4. The SMILES string of the molecule is O=C(CN1C(=O)CNC1=O)N1CC[C@]2(CCCN(CC3CC3)C2=O)C1. The van der Waals surface area contributed by atoms with Crippen LogP contribution in [0, 0.1) is 11.3 Å². The van der Waals surface area contributed by atoms with Crippen molar-refractivity contribution in [3.8, 4) is 0 Å². The third kappa shape index (κ3) is 2.98. The lowest BCUT2D eigenvalue weighted by molar-refractivity contribution is -0.146. The Bertz CT molecular complexity index is 616. The zero-order chi connectivity index (χ0) is 17.6. The first-order valence-electron chi connectivity index (χ1n) is 9.14. The summed E-state index contributed by atoms with van der Waals surface area (Å²) >= 11 is 0. The summed E-state index contributed by atoms with van der Waals surface area (Å²) in [6, 6.07) is -0.517. The number of piperidine rings is 1. The lowest BCUT2D eigenvalue weighted by Gasteiger charge is -2.39. The van der Waals surface area contributed by atoms with Crippen LogP contribution in [0.25, 0.3) is 0 Å². The van der Waals surface area contributed by atoms with Crippen LogP contribution in [-0.2, 0) is 14.4 Å². The molecule has 0 unspecified atom stereocenters. The Morgan fingerprint density at radius 2 is 1.96 bits per heavy atom. The van der Waals surface area contributed by atoms with E-state index in [1.807, 2.05) is 4.90 Å². The molecule has 5 amide bonds. The highest BCUT2D eigenvalue weighted by atomic mass is 16.2. The van der Waals surface area contributed by atoms with Crippen LogP contribution < -0.4 is 5.32 Å². The lowest BCUT2D eigenvalue weighted by atomic mass is 9.78. The molecule has 8 heteroatoms. The van der Waals surface area contributed by atoms with Crippen LogP contribution in [0.3, 0.4) is 0 Å². The zero-order valence-corrected chi connectivity index (χ0v) is 14.3. The normalized spacial score (nSPS) is 29.8. The second kappa shape index (κ2) is 6.00. The molecule has 8 nitrogen and oxygen atoms in total. The van der Waals surface area contributed by atoms with Crippen molar-refractivity contribution >= 4 is 23.8 Å². The number of carbonyl (C=O) groups is 4. The van der Waals surface area contributed by atoms with Crippen LogP contribution in [-0.4, -0.2) is 77.7 Å². The summed E-state index contributed by atoms with van der Waals surface area (Å²) in [6.45, 7) is 2.33. The van der Waals surface area contributed by atoms with Crippen molar-refractivity contribution in [3.05, 3.63) is 0 Å².